The number of ether oxygens (including phenoxy) is 1. The van der Waals surface area contributed by atoms with Crippen molar-refractivity contribution in [1.82, 2.24) is 4.57 Å². The molecule has 1 aromatic heterocycles. The Bertz CT molecular complexity index is 1360. The van der Waals surface area contributed by atoms with Gasteiger partial charge in [0, 0.05) is 31.0 Å². The van der Waals surface area contributed by atoms with Crippen molar-refractivity contribution in [2.24, 2.45) is 0 Å². The van der Waals surface area contributed by atoms with E-state index >= 15 is 0 Å². The molecule has 0 aliphatic heterocycles. The van der Waals surface area contributed by atoms with Crippen molar-refractivity contribution in [2.75, 3.05) is 11.9 Å². The van der Waals surface area contributed by atoms with E-state index in [1.807, 2.05) is 63.4 Å². The summed E-state index contributed by atoms with van der Waals surface area (Å²) in [5.74, 6) is -0.933. The molecular formula is C28H28N2O4. The van der Waals surface area contributed by atoms with Gasteiger partial charge in [0.15, 0.2) is 0 Å². The van der Waals surface area contributed by atoms with Crippen LogP contribution < -0.4 is 4.90 Å². The molecule has 0 saturated carbocycles. The van der Waals surface area contributed by atoms with Crippen LogP contribution in [-0.2, 0) is 11.3 Å². The Morgan fingerprint density at radius 1 is 0.941 bits per heavy atom. The summed E-state index contributed by atoms with van der Waals surface area (Å²) in [5, 5.41) is 10.4. The van der Waals surface area contributed by atoms with E-state index < -0.39 is 17.7 Å². The largest absolute Gasteiger partial charge is 0.478 e. The summed E-state index contributed by atoms with van der Waals surface area (Å²) < 4.78 is 7.60. The number of carbonyl (C=O) groups is 2. The summed E-state index contributed by atoms with van der Waals surface area (Å²) in [4.78, 5) is 25.3. The first-order valence-corrected chi connectivity index (χ1v) is 11.1. The van der Waals surface area contributed by atoms with Crippen LogP contribution >= 0.6 is 0 Å². The SMILES string of the molecule is CN(C(=O)OC(C)(C)C)c1cccc(-c2ccc3ccn(Cc4cccc(C(=O)O)c4)c3c2)c1. The first kappa shape index (κ1) is 23.1. The molecule has 1 amide bonds. The average Bonchev–Trinajstić information content (AvgIpc) is 3.19. The van der Waals surface area contributed by atoms with E-state index in [9.17, 15) is 14.7 Å². The molecule has 4 aromatic rings. The van der Waals surface area contributed by atoms with E-state index in [-0.39, 0.29) is 5.56 Å². The molecule has 0 spiro atoms. The number of rotatable bonds is 5. The van der Waals surface area contributed by atoms with Crippen LogP contribution in [0, 0.1) is 0 Å². The molecule has 6 nitrogen and oxygen atoms in total. The lowest BCUT2D eigenvalue weighted by Gasteiger charge is -2.25. The zero-order chi connectivity index (χ0) is 24.5. The van der Waals surface area contributed by atoms with E-state index in [2.05, 4.69) is 22.8 Å². The quantitative estimate of drug-likeness (QED) is 0.376. The maximum Gasteiger partial charge on any atom is 0.414 e. The number of anilines is 1. The molecule has 1 N–H and O–H groups in total. The fourth-order valence-electron chi connectivity index (χ4n) is 3.83. The van der Waals surface area contributed by atoms with E-state index in [0.29, 0.717) is 6.54 Å². The number of amides is 1. The van der Waals surface area contributed by atoms with Crippen molar-refractivity contribution in [1.29, 1.82) is 0 Å². The van der Waals surface area contributed by atoms with Crippen LogP contribution in [-0.4, -0.2) is 34.4 Å². The molecule has 0 unspecified atom stereocenters. The summed E-state index contributed by atoms with van der Waals surface area (Å²) in [6.45, 7) is 6.10. The van der Waals surface area contributed by atoms with Crippen molar-refractivity contribution in [3.8, 4) is 11.1 Å². The maximum atomic E-state index is 12.5. The first-order chi connectivity index (χ1) is 16.1. The van der Waals surface area contributed by atoms with Crippen LogP contribution in [0.2, 0.25) is 0 Å². The Hall–Kier alpha value is -4.06. The standard InChI is InChI=1S/C28H28N2O4/c1-28(2,3)34-27(33)29(4)24-10-6-8-21(16-24)22-12-11-20-13-14-30(25(20)17-22)18-19-7-5-9-23(15-19)26(31)32/h5-17H,18H2,1-4H3,(H,31,32). The molecular weight excluding hydrogens is 428 g/mol. The monoisotopic (exact) mass is 456 g/mol. The van der Waals surface area contributed by atoms with Gasteiger partial charge in [-0.2, -0.15) is 0 Å². The molecule has 4 rings (SSSR count). The molecule has 6 heteroatoms. The minimum Gasteiger partial charge on any atom is -0.478 e. The van der Waals surface area contributed by atoms with E-state index in [1.165, 1.54) is 4.90 Å². The normalized spacial score (nSPS) is 11.4. The zero-order valence-corrected chi connectivity index (χ0v) is 19.8. The maximum absolute atomic E-state index is 12.5. The Morgan fingerprint density at radius 2 is 1.68 bits per heavy atom. The average molecular weight is 457 g/mol. The summed E-state index contributed by atoms with van der Waals surface area (Å²) in [5.41, 5.74) is 4.42. The van der Waals surface area contributed by atoms with E-state index in [1.54, 1.807) is 25.2 Å². The molecule has 174 valence electrons. The minimum atomic E-state index is -0.933. The van der Waals surface area contributed by atoms with Gasteiger partial charge in [-0.15, -0.1) is 0 Å². The lowest BCUT2D eigenvalue weighted by Crippen LogP contribution is -2.34. The van der Waals surface area contributed by atoms with E-state index in [4.69, 9.17) is 4.74 Å². The number of fused-ring (bicyclic) bond motifs is 1. The van der Waals surface area contributed by atoms with Crippen molar-refractivity contribution >= 4 is 28.7 Å². The zero-order valence-electron chi connectivity index (χ0n) is 19.8. The highest BCUT2D eigenvalue weighted by atomic mass is 16.6. The third kappa shape index (κ3) is 5.12. The highest BCUT2D eigenvalue weighted by Gasteiger charge is 2.20. The van der Waals surface area contributed by atoms with Crippen molar-refractivity contribution in [3.05, 3.63) is 90.1 Å². The third-order valence-corrected chi connectivity index (χ3v) is 5.53. The van der Waals surface area contributed by atoms with E-state index in [0.717, 1.165) is 33.3 Å². The fraction of sp³-hybridized carbons (Fsp3) is 0.214. The molecule has 0 fully saturated rings. The van der Waals surface area contributed by atoms with Gasteiger partial charge in [-0.1, -0.05) is 36.4 Å². The second-order valence-corrected chi connectivity index (χ2v) is 9.31. The van der Waals surface area contributed by atoms with Gasteiger partial charge < -0.3 is 14.4 Å². The van der Waals surface area contributed by atoms with Gasteiger partial charge in [-0.05, 0) is 79.2 Å². The Morgan fingerprint density at radius 3 is 2.41 bits per heavy atom. The molecule has 0 bridgehead atoms. The Labute approximate surface area is 199 Å². The molecule has 34 heavy (non-hydrogen) atoms. The highest BCUT2D eigenvalue weighted by molar-refractivity contribution is 5.90. The molecule has 0 atom stereocenters. The number of carboxylic acids is 1. The lowest BCUT2D eigenvalue weighted by molar-refractivity contribution is 0.0588. The number of aromatic carboxylic acids is 1. The van der Waals surface area contributed by atoms with Gasteiger partial charge >= 0.3 is 12.1 Å². The minimum absolute atomic E-state index is 0.278. The van der Waals surface area contributed by atoms with Gasteiger partial charge in [-0.3, -0.25) is 4.90 Å². The van der Waals surface area contributed by atoms with Crippen LogP contribution in [0.1, 0.15) is 36.7 Å². The number of nitrogens with zero attached hydrogens (tertiary/aromatic N) is 2. The fourth-order valence-corrected chi connectivity index (χ4v) is 3.83. The predicted octanol–water partition coefficient (Wildman–Crippen LogP) is 6.43. The molecule has 0 radical (unpaired) electrons. The van der Waals surface area contributed by atoms with Crippen molar-refractivity contribution in [2.45, 2.75) is 32.9 Å². The number of carboxylic acid groups (broad SMARTS) is 1. The second kappa shape index (κ2) is 9.06. The molecule has 1 heterocycles. The number of benzene rings is 3. The van der Waals surface area contributed by atoms with Gasteiger partial charge in [-0.25, -0.2) is 9.59 Å². The van der Waals surface area contributed by atoms with Crippen LogP contribution in [0.15, 0.2) is 79.0 Å². The topological polar surface area (TPSA) is 71.8 Å². The Kier molecular flexibility index (Phi) is 6.16. The summed E-state index contributed by atoms with van der Waals surface area (Å²) in [7, 11) is 1.70. The van der Waals surface area contributed by atoms with Gasteiger partial charge in [0.1, 0.15) is 5.60 Å². The third-order valence-electron chi connectivity index (χ3n) is 5.53. The van der Waals surface area contributed by atoms with Crippen LogP contribution in [0.3, 0.4) is 0 Å². The summed E-state index contributed by atoms with van der Waals surface area (Å²) >= 11 is 0. The molecule has 3 aromatic carbocycles. The first-order valence-electron chi connectivity index (χ1n) is 11.1. The van der Waals surface area contributed by atoms with Crippen molar-refractivity contribution < 1.29 is 19.4 Å². The number of aromatic nitrogens is 1. The summed E-state index contributed by atoms with van der Waals surface area (Å²) in [6, 6.07) is 23.1. The Balaban J connectivity index is 1.64. The summed E-state index contributed by atoms with van der Waals surface area (Å²) in [6.07, 6.45) is 1.60. The number of hydrogen-bond donors (Lipinski definition) is 1. The van der Waals surface area contributed by atoms with Crippen LogP contribution in [0.5, 0.6) is 0 Å². The molecule has 0 aliphatic rings. The van der Waals surface area contributed by atoms with Crippen LogP contribution in [0.25, 0.3) is 22.0 Å². The van der Waals surface area contributed by atoms with Gasteiger partial charge in [0.05, 0.1) is 5.56 Å². The second-order valence-electron chi connectivity index (χ2n) is 9.31. The van der Waals surface area contributed by atoms with Crippen molar-refractivity contribution in [3.63, 3.8) is 0 Å². The predicted molar refractivity (Wildman–Crippen MR) is 135 cm³/mol. The highest BCUT2D eigenvalue weighted by Crippen LogP contribution is 2.29. The number of hydrogen-bond acceptors (Lipinski definition) is 3. The molecule has 0 saturated heterocycles. The number of carbonyl (C=O) groups excluding carboxylic acids is 1. The van der Waals surface area contributed by atoms with Gasteiger partial charge in [0.25, 0.3) is 0 Å². The van der Waals surface area contributed by atoms with Crippen LogP contribution in [0.4, 0.5) is 10.5 Å². The molecule has 0 aliphatic carbocycles. The smallest absolute Gasteiger partial charge is 0.414 e. The van der Waals surface area contributed by atoms with Gasteiger partial charge in [0.2, 0.25) is 0 Å². The lowest BCUT2D eigenvalue weighted by atomic mass is 10.0.